The third kappa shape index (κ3) is 6.00. The van der Waals surface area contributed by atoms with Crippen molar-refractivity contribution in [2.75, 3.05) is 23.3 Å². The smallest absolute Gasteiger partial charge is 0.391 e. The monoisotopic (exact) mass is 492 g/mol. The molecule has 2 aromatic heterocycles. The number of ether oxygens (including phenoxy) is 1. The van der Waals surface area contributed by atoms with Gasteiger partial charge in [0, 0.05) is 36.6 Å². The van der Waals surface area contributed by atoms with Gasteiger partial charge in [0.2, 0.25) is 5.91 Å². The SMILES string of the molecule is CCCc1cnc(N2CCC(Oc3c#cn(-c4ccc(NC(=O)C(C)C)c(F)c4)c(=O)c3)CC2)[nH+]c1. The molecule has 3 aromatic rings. The van der Waals surface area contributed by atoms with E-state index in [9.17, 15) is 14.0 Å². The van der Waals surface area contributed by atoms with Crippen LogP contribution in [0.3, 0.4) is 0 Å². The van der Waals surface area contributed by atoms with E-state index >= 15 is 0 Å². The topological polar surface area (TPSA) is 90.6 Å². The van der Waals surface area contributed by atoms with Crippen LogP contribution in [0.4, 0.5) is 16.0 Å². The molecule has 4 rings (SSSR count). The molecule has 9 heteroatoms. The molecule has 1 fully saturated rings. The summed E-state index contributed by atoms with van der Waals surface area (Å²) in [5.74, 6) is -0.0464. The van der Waals surface area contributed by atoms with Gasteiger partial charge >= 0.3 is 5.95 Å². The van der Waals surface area contributed by atoms with Gasteiger partial charge in [-0.15, -0.1) is 0 Å². The summed E-state index contributed by atoms with van der Waals surface area (Å²) in [6, 6.07) is 8.33. The van der Waals surface area contributed by atoms with Gasteiger partial charge in [-0.05, 0) is 24.6 Å². The molecule has 1 amide bonds. The Bertz CT molecular complexity index is 1250. The standard InChI is InChI=1S/C27H30FN5O3/c1-4-5-19-16-29-27(30-17-19)32-11-8-21(9-12-32)36-22-10-13-33(25(34)15-22)20-6-7-24(23(28)14-20)31-26(35)18(2)3/h6-7,14-18,21H,4-5,8-9,11-12H2,1-3H3,(H,31,35)/p+1. The number of aromatic amines is 1. The molecule has 2 N–H and O–H groups in total. The second-order valence-corrected chi connectivity index (χ2v) is 9.23. The summed E-state index contributed by atoms with van der Waals surface area (Å²) in [6.07, 6.45) is 10.2. The maximum atomic E-state index is 14.5. The van der Waals surface area contributed by atoms with E-state index in [1.54, 1.807) is 19.9 Å². The molecule has 0 saturated carbocycles. The van der Waals surface area contributed by atoms with Crippen LogP contribution in [-0.4, -0.2) is 34.7 Å². The van der Waals surface area contributed by atoms with Crippen LogP contribution < -0.4 is 25.5 Å². The van der Waals surface area contributed by atoms with E-state index < -0.39 is 11.4 Å². The van der Waals surface area contributed by atoms with Gasteiger partial charge in [-0.3, -0.25) is 14.5 Å². The van der Waals surface area contributed by atoms with Crippen LogP contribution in [0.25, 0.3) is 5.69 Å². The zero-order chi connectivity index (χ0) is 25.7. The third-order valence-corrected chi connectivity index (χ3v) is 6.07. The molecular weight excluding hydrogens is 461 g/mol. The number of piperidine rings is 1. The number of aryl methyl sites for hydroxylation is 1. The first-order chi connectivity index (χ1) is 17.3. The molecule has 8 nitrogen and oxygen atoms in total. The average Bonchev–Trinajstić information content (AvgIpc) is 2.86. The normalized spacial score (nSPS) is 14.0. The predicted octanol–water partition coefficient (Wildman–Crippen LogP) is 3.38. The Morgan fingerprint density at radius 2 is 2.08 bits per heavy atom. The number of nitrogens with one attached hydrogen (secondary N) is 2. The number of aromatic nitrogens is 3. The number of rotatable bonds is 8. The summed E-state index contributed by atoms with van der Waals surface area (Å²) >= 11 is 0. The van der Waals surface area contributed by atoms with Gasteiger partial charge in [0.15, 0.2) is 5.75 Å². The van der Waals surface area contributed by atoms with E-state index in [4.69, 9.17) is 4.74 Å². The van der Waals surface area contributed by atoms with E-state index in [1.807, 2.05) is 12.4 Å². The molecule has 1 saturated heterocycles. The third-order valence-electron chi connectivity index (χ3n) is 6.07. The minimum Gasteiger partial charge on any atom is -0.482 e. The van der Waals surface area contributed by atoms with Crippen LogP contribution in [0.15, 0.2) is 41.5 Å². The molecule has 0 unspecified atom stereocenters. The van der Waals surface area contributed by atoms with Crippen molar-refractivity contribution < 1.29 is 18.9 Å². The number of hydrogen-bond donors (Lipinski definition) is 1. The molecule has 0 spiro atoms. The van der Waals surface area contributed by atoms with Crippen molar-refractivity contribution >= 4 is 17.5 Å². The lowest BCUT2D eigenvalue weighted by Gasteiger charge is -2.27. The Morgan fingerprint density at radius 1 is 1.31 bits per heavy atom. The van der Waals surface area contributed by atoms with Crippen molar-refractivity contribution in [2.24, 2.45) is 5.92 Å². The fourth-order valence-electron chi connectivity index (χ4n) is 3.99. The van der Waals surface area contributed by atoms with Crippen molar-refractivity contribution in [3.05, 3.63) is 70.7 Å². The molecule has 1 aromatic carbocycles. The zero-order valence-electron chi connectivity index (χ0n) is 20.8. The molecule has 188 valence electrons. The Labute approximate surface area is 210 Å². The summed E-state index contributed by atoms with van der Waals surface area (Å²) in [6.45, 7) is 7.15. The highest BCUT2D eigenvalue weighted by atomic mass is 19.1. The van der Waals surface area contributed by atoms with E-state index in [0.29, 0.717) is 5.75 Å². The minimum atomic E-state index is -0.638. The molecule has 36 heavy (non-hydrogen) atoms. The van der Waals surface area contributed by atoms with E-state index in [-0.39, 0.29) is 29.3 Å². The van der Waals surface area contributed by atoms with Crippen LogP contribution in [0.2, 0.25) is 0 Å². The van der Waals surface area contributed by atoms with Gasteiger partial charge in [0.05, 0.1) is 36.7 Å². The van der Waals surface area contributed by atoms with Crippen LogP contribution in [0.5, 0.6) is 5.75 Å². The van der Waals surface area contributed by atoms with Gasteiger partial charge in [-0.1, -0.05) is 32.2 Å². The van der Waals surface area contributed by atoms with Crippen molar-refractivity contribution in [2.45, 2.75) is 52.6 Å². The number of carbonyl (C=O) groups is 1. The van der Waals surface area contributed by atoms with Gasteiger partial charge in [0.1, 0.15) is 18.1 Å². The Balaban J connectivity index is 1.36. The molecule has 0 atom stereocenters. The maximum Gasteiger partial charge on any atom is 0.391 e. The van der Waals surface area contributed by atoms with E-state index in [1.165, 1.54) is 23.8 Å². The number of amides is 1. The van der Waals surface area contributed by atoms with Crippen molar-refractivity contribution in [3.63, 3.8) is 0 Å². The first kappa shape index (κ1) is 25.2. The molecular formula is C27H31FN5O3+. The van der Waals surface area contributed by atoms with Gasteiger partial charge < -0.3 is 10.1 Å². The lowest BCUT2D eigenvalue weighted by molar-refractivity contribution is -0.369. The van der Waals surface area contributed by atoms with Crippen LogP contribution in [-0.2, 0) is 11.2 Å². The fraction of sp³-hybridized carbons (Fsp3) is 0.407. The first-order valence-corrected chi connectivity index (χ1v) is 12.3. The summed E-state index contributed by atoms with van der Waals surface area (Å²) in [7, 11) is 0. The summed E-state index contributed by atoms with van der Waals surface area (Å²) in [5.41, 5.74) is 1.12. The molecule has 1 aliphatic rings. The zero-order valence-corrected chi connectivity index (χ0v) is 20.8. The second kappa shape index (κ2) is 11.2. The Morgan fingerprint density at radius 3 is 2.69 bits per heavy atom. The van der Waals surface area contributed by atoms with Crippen LogP contribution >= 0.6 is 0 Å². The summed E-state index contributed by atoms with van der Waals surface area (Å²) in [4.78, 5) is 34.5. The number of nitrogens with zero attached hydrogens (tertiary/aromatic N) is 3. The van der Waals surface area contributed by atoms with Gasteiger partial charge in [0.25, 0.3) is 5.56 Å². The summed E-state index contributed by atoms with van der Waals surface area (Å²) in [5, 5.41) is 2.53. The Hall–Kier alpha value is -3.93. The van der Waals surface area contributed by atoms with Crippen molar-refractivity contribution in [1.29, 1.82) is 0 Å². The van der Waals surface area contributed by atoms with Crippen LogP contribution in [0, 0.1) is 24.0 Å². The number of carbonyl (C=O) groups excluding carboxylic acids is 1. The largest absolute Gasteiger partial charge is 0.482 e. The van der Waals surface area contributed by atoms with E-state index in [2.05, 4.69) is 39.4 Å². The Kier molecular flexibility index (Phi) is 7.84. The molecule has 3 heterocycles. The number of benzene rings is 1. The highest BCUT2D eigenvalue weighted by Gasteiger charge is 2.27. The van der Waals surface area contributed by atoms with Crippen molar-refractivity contribution in [3.8, 4) is 11.4 Å². The van der Waals surface area contributed by atoms with E-state index in [0.717, 1.165) is 49.3 Å². The molecule has 0 radical (unpaired) electrons. The number of halogens is 1. The number of anilines is 2. The quantitative estimate of drug-likeness (QED) is 0.521. The summed E-state index contributed by atoms with van der Waals surface area (Å²) < 4.78 is 21.7. The maximum absolute atomic E-state index is 14.5. The van der Waals surface area contributed by atoms with Gasteiger partial charge in [-0.25, -0.2) is 13.9 Å². The molecule has 0 aliphatic carbocycles. The highest BCUT2D eigenvalue weighted by molar-refractivity contribution is 5.92. The first-order valence-electron chi connectivity index (χ1n) is 12.3. The van der Waals surface area contributed by atoms with Crippen molar-refractivity contribution in [1.82, 2.24) is 9.55 Å². The second-order valence-electron chi connectivity index (χ2n) is 9.23. The number of hydrogen-bond acceptors (Lipinski definition) is 5. The highest BCUT2D eigenvalue weighted by Crippen LogP contribution is 2.20. The van der Waals surface area contributed by atoms with Gasteiger partial charge in [-0.2, -0.15) is 0 Å². The predicted molar refractivity (Wildman–Crippen MR) is 134 cm³/mol. The lowest BCUT2D eigenvalue weighted by Crippen LogP contribution is -2.41. The molecule has 1 aliphatic heterocycles. The lowest BCUT2D eigenvalue weighted by atomic mass is 10.1. The fourth-order valence-corrected chi connectivity index (χ4v) is 3.99. The minimum absolute atomic E-state index is 0.0539. The average molecular weight is 493 g/mol. The van der Waals surface area contributed by atoms with Crippen LogP contribution in [0.1, 0.15) is 45.6 Å². The number of H-pyrrole nitrogens is 1. The molecule has 0 bridgehead atoms.